The van der Waals surface area contributed by atoms with E-state index >= 15 is 0 Å². The van der Waals surface area contributed by atoms with Gasteiger partial charge in [-0.3, -0.25) is 4.79 Å². The minimum Gasteiger partial charge on any atom is -0.366 e. The van der Waals surface area contributed by atoms with E-state index in [1.807, 2.05) is 18.2 Å². The van der Waals surface area contributed by atoms with Gasteiger partial charge in [0, 0.05) is 11.1 Å². The van der Waals surface area contributed by atoms with E-state index in [4.69, 9.17) is 11.5 Å². The van der Waals surface area contributed by atoms with Gasteiger partial charge in [0.2, 0.25) is 5.91 Å². The predicted octanol–water partition coefficient (Wildman–Crippen LogP) is 1.12. The van der Waals surface area contributed by atoms with Crippen molar-refractivity contribution in [2.75, 3.05) is 0 Å². The fourth-order valence-electron chi connectivity index (χ4n) is 1.83. The van der Waals surface area contributed by atoms with Gasteiger partial charge < -0.3 is 11.5 Å². The molecule has 1 amide bonds. The van der Waals surface area contributed by atoms with E-state index in [9.17, 15) is 4.79 Å². The van der Waals surface area contributed by atoms with E-state index in [-0.39, 0.29) is 5.54 Å². The van der Waals surface area contributed by atoms with Gasteiger partial charge in [0.05, 0.1) is 0 Å². The number of carbonyl (C=O) groups is 1. The van der Waals surface area contributed by atoms with Crippen LogP contribution >= 0.6 is 0 Å². The summed E-state index contributed by atoms with van der Waals surface area (Å²) in [5.41, 5.74) is 12.7. The highest BCUT2D eigenvalue weighted by Crippen LogP contribution is 2.38. The zero-order chi connectivity index (χ0) is 10.2. The van der Waals surface area contributed by atoms with Crippen molar-refractivity contribution in [2.24, 2.45) is 11.5 Å². The van der Waals surface area contributed by atoms with Crippen molar-refractivity contribution in [3.63, 3.8) is 0 Å². The van der Waals surface area contributed by atoms with E-state index in [2.05, 4.69) is 0 Å². The summed E-state index contributed by atoms with van der Waals surface area (Å²) in [6.45, 7) is 0. The number of amides is 1. The first-order valence-electron chi connectivity index (χ1n) is 4.81. The quantitative estimate of drug-likeness (QED) is 0.733. The van der Waals surface area contributed by atoms with Crippen LogP contribution in [0.25, 0.3) is 0 Å². The van der Waals surface area contributed by atoms with Crippen molar-refractivity contribution in [1.29, 1.82) is 0 Å². The Morgan fingerprint density at radius 2 is 2.07 bits per heavy atom. The van der Waals surface area contributed by atoms with Gasteiger partial charge >= 0.3 is 0 Å². The van der Waals surface area contributed by atoms with Gasteiger partial charge in [-0.15, -0.1) is 0 Å². The van der Waals surface area contributed by atoms with E-state index in [0.29, 0.717) is 5.56 Å². The lowest BCUT2D eigenvalue weighted by molar-refractivity contribution is 0.1000. The Kier molecular flexibility index (Phi) is 2.04. The number of hydrogen-bond donors (Lipinski definition) is 2. The maximum Gasteiger partial charge on any atom is 0.248 e. The van der Waals surface area contributed by atoms with E-state index in [1.165, 1.54) is 0 Å². The molecule has 1 aromatic carbocycles. The fraction of sp³-hybridized carbons (Fsp3) is 0.364. The molecule has 2 rings (SSSR count). The summed E-state index contributed by atoms with van der Waals surface area (Å²) in [5.74, 6) is -0.394. The van der Waals surface area contributed by atoms with Gasteiger partial charge in [-0.05, 0) is 37.0 Å². The Hall–Kier alpha value is -1.35. The van der Waals surface area contributed by atoms with Gasteiger partial charge in [0.1, 0.15) is 0 Å². The molecule has 4 N–H and O–H groups in total. The average Bonchev–Trinajstić information content (AvgIpc) is 2.14. The van der Waals surface area contributed by atoms with Crippen LogP contribution in [0.5, 0.6) is 0 Å². The number of primary amides is 1. The first-order chi connectivity index (χ1) is 6.62. The Bertz CT molecular complexity index is 369. The number of rotatable bonds is 2. The average molecular weight is 190 g/mol. The summed E-state index contributed by atoms with van der Waals surface area (Å²) < 4.78 is 0. The minimum atomic E-state index is -0.394. The maximum absolute atomic E-state index is 11.0. The first-order valence-corrected chi connectivity index (χ1v) is 4.81. The molecule has 0 radical (unpaired) electrons. The number of benzene rings is 1. The Balaban J connectivity index is 2.35. The number of hydrogen-bond acceptors (Lipinski definition) is 2. The second kappa shape index (κ2) is 3.10. The monoisotopic (exact) mass is 190 g/mol. The SMILES string of the molecule is NC(=O)c1cccc(C2(N)CCC2)c1. The van der Waals surface area contributed by atoms with Gasteiger partial charge in [-0.2, -0.15) is 0 Å². The zero-order valence-corrected chi connectivity index (χ0v) is 7.99. The van der Waals surface area contributed by atoms with Gasteiger partial charge in [0.25, 0.3) is 0 Å². The molecule has 3 nitrogen and oxygen atoms in total. The van der Waals surface area contributed by atoms with Gasteiger partial charge in [-0.25, -0.2) is 0 Å². The molecule has 0 aliphatic heterocycles. The highest BCUT2D eigenvalue weighted by atomic mass is 16.1. The van der Waals surface area contributed by atoms with Crippen molar-refractivity contribution >= 4 is 5.91 Å². The normalized spacial score (nSPS) is 18.6. The minimum absolute atomic E-state index is 0.217. The third-order valence-corrected chi connectivity index (χ3v) is 2.97. The van der Waals surface area contributed by atoms with Crippen molar-refractivity contribution in [3.8, 4) is 0 Å². The Morgan fingerprint density at radius 3 is 2.57 bits per heavy atom. The van der Waals surface area contributed by atoms with Crippen LogP contribution in [0.2, 0.25) is 0 Å². The van der Waals surface area contributed by atoms with Crippen LogP contribution in [0.15, 0.2) is 24.3 Å². The molecule has 1 aliphatic carbocycles. The van der Waals surface area contributed by atoms with E-state index in [0.717, 1.165) is 24.8 Å². The van der Waals surface area contributed by atoms with Crippen molar-refractivity contribution in [3.05, 3.63) is 35.4 Å². The standard InChI is InChI=1S/C11H14N2O/c12-10(14)8-3-1-4-9(7-8)11(13)5-2-6-11/h1,3-4,7H,2,5-6,13H2,(H2,12,14). The van der Waals surface area contributed by atoms with E-state index in [1.54, 1.807) is 6.07 Å². The van der Waals surface area contributed by atoms with Crippen LogP contribution in [0.1, 0.15) is 35.2 Å². The molecule has 0 unspecified atom stereocenters. The molecule has 1 aliphatic rings. The summed E-state index contributed by atoms with van der Waals surface area (Å²) in [4.78, 5) is 11.0. The molecule has 0 saturated heterocycles. The summed E-state index contributed by atoms with van der Waals surface area (Å²) >= 11 is 0. The Morgan fingerprint density at radius 1 is 1.36 bits per heavy atom. The highest BCUT2D eigenvalue weighted by molar-refractivity contribution is 5.92. The van der Waals surface area contributed by atoms with Crippen LogP contribution in [-0.4, -0.2) is 5.91 Å². The molecule has 1 saturated carbocycles. The first kappa shape index (κ1) is 9.21. The topological polar surface area (TPSA) is 69.1 Å². The van der Waals surface area contributed by atoms with Crippen LogP contribution in [0, 0.1) is 0 Å². The van der Waals surface area contributed by atoms with E-state index < -0.39 is 5.91 Å². The zero-order valence-electron chi connectivity index (χ0n) is 7.99. The van der Waals surface area contributed by atoms with Crippen LogP contribution in [0.4, 0.5) is 0 Å². The predicted molar refractivity (Wildman–Crippen MR) is 54.7 cm³/mol. The molecule has 3 heteroatoms. The molecule has 0 heterocycles. The van der Waals surface area contributed by atoms with Gasteiger partial charge in [-0.1, -0.05) is 12.1 Å². The second-order valence-corrected chi connectivity index (χ2v) is 3.95. The lowest BCUT2D eigenvalue weighted by Crippen LogP contribution is -2.43. The highest BCUT2D eigenvalue weighted by Gasteiger charge is 2.34. The molecule has 0 aromatic heterocycles. The Labute approximate surface area is 83.1 Å². The van der Waals surface area contributed by atoms with Crippen LogP contribution in [-0.2, 0) is 5.54 Å². The number of nitrogens with two attached hydrogens (primary N) is 2. The molecule has 14 heavy (non-hydrogen) atoms. The lowest BCUT2D eigenvalue weighted by atomic mass is 9.72. The molecule has 1 fully saturated rings. The molecule has 1 aromatic rings. The summed E-state index contributed by atoms with van der Waals surface area (Å²) in [5, 5.41) is 0. The summed E-state index contributed by atoms with van der Waals surface area (Å²) in [7, 11) is 0. The fourth-order valence-corrected chi connectivity index (χ4v) is 1.83. The van der Waals surface area contributed by atoms with Crippen molar-refractivity contribution < 1.29 is 4.79 Å². The van der Waals surface area contributed by atoms with Crippen LogP contribution < -0.4 is 11.5 Å². The van der Waals surface area contributed by atoms with Crippen molar-refractivity contribution in [2.45, 2.75) is 24.8 Å². The largest absolute Gasteiger partial charge is 0.366 e. The molecule has 0 bridgehead atoms. The summed E-state index contributed by atoms with van der Waals surface area (Å²) in [6, 6.07) is 7.32. The molecular formula is C11H14N2O. The van der Waals surface area contributed by atoms with Gasteiger partial charge in [0.15, 0.2) is 0 Å². The van der Waals surface area contributed by atoms with Crippen LogP contribution in [0.3, 0.4) is 0 Å². The maximum atomic E-state index is 11.0. The lowest BCUT2D eigenvalue weighted by Gasteiger charge is -2.38. The molecule has 0 spiro atoms. The third kappa shape index (κ3) is 1.40. The molecule has 0 atom stereocenters. The third-order valence-electron chi connectivity index (χ3n) is 2.97. The number of carbonyl (C=O) groups excluding carboxylic acids is 1. The second-order valence-electron chi connectivity index (χ2n) is 3.95. The van der Waals surface area contributed by atoms with Crippen molar-refractivity contribution in [1.82, 2.24) is 0 Å². The molecular weight excluding hydrogens is 176 g/mol. The summed E-state index contributed by atoms with van der Waals surface area (Å²) in [6.07, 6.45) is 3.15. The smallest absolute Gasteiger partial charge is 0.248 e. The molecule has 74 valence electrons.